The number of nitrogens with one attached hydrogen (secondary N) is 2. The molecule has 10 heteroatoms. The number of ether oxygens (including phenoxy) is 1. The standard InChI is InChI=1S/C22H19F5N2O3/c1-12-19(20(30)29-18-9-28-11-21(18,23)24)15-8-14(6-7-17(15)32-12)31-10-13-4-2-3-5-16(13)22(25,26)27/h2-8,18,28H,9-11H2,1H3,(H,29,30). The summed E-state index contributed by atoms with van der Waals surface area (Å²) in [6.07, 6.45) is -4.52. The Morgan fingerprint density at radius 1 is 1.25 bits per heavy atom. The minimum atomic E-state index is -4.52. The molecule has 1 fully saturated rings. The number of hydrogen-bond donors (Lipinski definition) is 2. The highest BCUT2D eigenvalue weighted by atomic mass is 19.4. The van der Waals surface area contributed by atoms with Crippen molar-refractivity contribution in [3.63, 3.8) is 0 Å². The number of fused-ring (bicyclic) bond motifs is 1. The molecule has 1 aromatic heterocycles. The molecular formula is C22H19F5N2O3. The third-order valence-corrected chi connectivity index (χ3v) is 5.30. The maximum absolute atomic E-state index is 13.9. The largest absolute Gasteiger partial charge is 0.489 e. The van der Waals surface area contributed by atoms with E-state index >= 15 is 0 Å². The van der Waals surface area contributed by atoms with Gasteiger partial charge in [0.2, 0.25) is 0 Å². The second-order valence-electron chi connectivity index (χ2n) is 7.55. The fourth-order valence-corrected chi connectivity index (χ4v) is 3.70. The summed E-state index contributed by atoms with van der Waals surface area (Å²) in [5, 5.41) is 5.18. The highest BCUT2D eigenvalue weighted by Gasteiger charge is 2.45. The third kappa shape index (κ3) is 4.27. The average Bonchev–Trinajstić information content (AvgIpc) is 3.23. The fourth-order valence-electron chi connectivity index (χ4n) is 3.70. The number of benzene rings is 2. The molecule has 5 nitrogen and oxygen atoms in total. The van der Waals surface area contributed by atoms with Gasteiger partial charge in [-0.1, -0.05) is 18.2 Å². The van der Waals surface area contributed by atoms with E-state index in [1.54, 1.807) is 0 Å². The van der Waals surface area contributed by atoms with Gasteiger partial charge in [-0.15, -0.1) is 0 Å². The number of halogens is 5. The maximum Gasteiger partial charge on any atom is 0.416 e. The molecule has 1 aliphatic rings. The van der Waals surface area contributed by atoms with Crippen molar-refractivity contribution in [2.24, 2.45) is 0 Å². The van der Waals surface area contributed by atoms with E-state index < -0.39 is 36.2 Å². The Balaban J connectivity index is 1.58. The highest BCUT2D eigenvalue weighted by molar-refractivity contribution is 6.07. The molecule has 2 heterocycles. The fraction of sp³-hybridized carbons (Fsp3) is 0.318. The molecular weight excluding hydrogens is 435 g/mol. The number of carbonyl (C=O) groups is 1. The first-order valence-corrected chi connectivity index (χ1v) is 9.77. The summed E-state index contributed by atoms with van der Waals surface area (Å²) >= 11 is 0. The minimum absolute atomic E-state index is 0.0441. The van der Waals surface area contributed by atoms with Crippen LogP contribution >= 0.6 is 0 Å². The highest BCUT2D eigenvalue weighted by Crippen LogP contribution is 2.33. The number of carbonyl (C=O) groups excluding carboxylic acids is 1. The van der Waals surface area contributed by atoms with Crippen LogP contribution in [-0.2, 0) is 12.8 Å². The van der Waals surface area contributed by atoms with E-state index in [9.17, 15) is 26.7 Å². The van der Waals surface area contributed by atoms with Crippen LogP contribution in [0, 0.1) is 6.92 Å². The lowest BCUT2D eigenvalue weighted by Gasteiger charge is -2.19. The van der Waals surface area contributed by atoms with Crippen LogP contribution < -0.4 is 15.4 Å². The Hall–Kier alpha value is -3.14. The first-order valence-electron chi connectivity index (χ1n) is 9.77. The van der Waals surface area contributed by atoms with Crippen molar-refractivity contribution in [3.8, 4) is 5.75 Å². The van der Waals surface area contributed by atoms with Gasteiger partial charge in [-0.3, -0.25) is 4.79 Å². The van der Waals surface area contributed by atoms with E-state index in [1.807, 2.05) is 0 Å². The molecule has 1 unspecified atom stereocenters. The van der Waals surface area contributed by atoms with Crippen molar-refractivity contribution in [2.75, 3.05) is 13.1 Å². The predicted molar refractivity (Wildman–Crippen MR) is 106 cm³/mol. The summed E-state index contributed by atoms with van der Waals surface area (Å²) in [5.74, 6) is -3.37. The van der Waals surface area contributed by atoms with E-state index in [4.69, 9.17) is 9.15 Å². The van der Waals surface area contributed by atoms with E-state index in [2.05, 4.69) is 10.6 Å². The van der Waals surface area contributed by atoms with Crippen LogP contribution in [0.1, 0.15) is 27.2 Å². The molecule has 32 heavy (non-hydrogen) atoms. The monoisotopic (exact) mass is 454 g/mol. The van der Waals surface area contributed by atoms with Crippen molar-refractivity contribution in [1.82, 2.24) is 10.6 Å². The Bertz CT molecular complexity index is 1160. The number of aryl methyl sites for hydroxylation is 1. The molecule has 0 aliphatic carbocycles. The van der Waals surface area contributed by atoms with Gasteiger partial charge in [0.15, 0.2) is 0 Å². The number of alkyl halides is 5. The van der Waals surface area contributed by atoms with Crippen molar-refractivity contribution in [1.29, 1.82) is 0 Å². The van der Waals surface area contributed by atoms with Gasteiger partial charge in [0, 0.05) is 17.5 Å². The predicted octanol–water partition coefficient (Wildman–Crippen LogP) is 4.68. The van der Waals surface area contributed by atoms with Gasteiger partial charge >= 0.3 is 6.18 Å². The van der Waals surface area contributed by atoms with Gasteiger partial charge in [0.25, 0.3) is 11.8 Å². The molecule has 1 saturated heterocycles. The SMILES string of the molecule is Cc1oc2ccc(OCc3ccccc3C(F)(F)F)cc2c1C(=O)NC1CNCC1(F)F. The van der Waals surface area contributed by atoms with Crippen LogP contribution in [0.2, 0.25) is 0 Å². The first kappa shape index (κ1) is 22.1. The zero-order valence-corrected chi connectivity index (χ0v) is 16.9. The van der Waals surface area contributed by atoms with Crippen LogP contribution in [0.25, 0.3) is 11.0 Å². The molecule has 0 radical (unpaired) electrons. The van der Waals surface area contributed by atoms with Gasteiger partial charge in [0.05, 0.1) is 17.7 Å². The van der Waals surface area contributed by atoms with Crippen LogP contribution in [0.3, 0.4) is 0 Å². The van der Waals surface area contributed by atoms with Crippen LogP contribution in [0.4, 0.5) is 22.0 Å². The molecule has 2 N–H and O–H groups in total. The number of furan rings is 1. The lowest BCUT2D eigenvalue weighted by Crippen LogP contribution is -2.46. The summed E-state index contributed by atoms with van der Waals surface area (Å²) in [6.45, 7) is 0.584. The quantitative estimate of drug-likeness (QED) is 0.550. The topological polar surface area (TPSA) is 63.5 Å². The van der Waals surface area contributed by atoms with Crippen molar-refractivity contribution < 1.29 is 35.9 Å². The van der Waals surface area contributed by atoms with E-state index in [1.165, 1.54) is 43.3 Å². The van der Waals surface area contributed by atoms with Gasteiger partial charge in [-0.2, -0.15) is 13.2 Å². The Kier molecular flexibility index (Phi) is 5.58. The molecule has 170 valence electrons. The molecule has 0 spiro atoms. The van der Waals surface area contributed by atoms with Crippen molar-refractivity contribution in [2.45, 2.75) is 31.7 Å². The lowest BCUT2D eigenvalue weighted by molar-refractivity contribution is -0.138. The normalized spacial score (nSPS) is 18.1. The molecule has 0 bridgehead atoms. The number of amides is 1. The Labute approximate surface area is 179 Å². The summed E-state index contributed by atoms with van der Waals surface area (Å²) < 4.78 is 78.4. The third-order valence-electron chi connectivity index (χ3n) is 5.30. The molecule has 1 aliphatic heterocycles. The second-order valence-corrected chi connectivity index (χ2v) is 7.55. The van der Waals surface area contributed by atoms with E-state index in [-0.39, 0.29) is 35.8 Å². The van der Waals surface area contributed by atoms with E-state index in [0.717, 1.165) is 6.07 Å². The van der Waals surface area contributed by atoms with Gasteiger partial charge in [-0.25, -0.2) is 8.78 Å². The summed E-state index contributed by atoms with van der Waals surface area (Å²) in [4.78, 5) is 12.7. The molecule has 3 aromatic rings. The zero-order chi connectivity index (χ0) is 23.1. The van der Waals surface area contributed by atoms with E-state index in [0.29, 0.717) is 11.0 Å². The number of hydrogen-bond acceptors (Lipinski definition) is 4. The van der Waals surface area contributed by atoms with Crippen LogP contribution in [-0.4, -0.2) is 31.0 Å². The number of rotatable bonds is 5. The minimum Gasteiger partial charge on any atom is -0.489 e. The molecule has 1 atom stereocenters. The van der Waals surface area contributed by atoms with Gasteiger partial charge in [0.1, 0.15) is 29.7 Å². The molecule has 0 saturated carbocycles. The van der Waals surface area contributed by atoms with Gasteiger partial charge < -0.3 is 19.8 Å². The van der Waals surface area contributed by atoms with Crippen LogP contribution in [0.5, 0.6) is 5.75 Å². The smallest absolute Gasteiger partial charge is 0.416 e. The summed E-state index contributed by atoms with van der Waals surface area (Å²) in [5.41, 5.74) is -0.445. The van der Waals surface area contributed by atoms with Gasteiger partial charge in [-0.05, 0) is 31.2 Å². The Morgan fingerprint density at radius 3 is 2.69 bits per heavy atom. The Morgan fingerprint density at radius 2 is 2.00 bits per heavy atom. The van der Waals surface area contributed by atoms with Crippen LogP contribution in [0.15, 0.2) is 46.9 Å². The molecule has 4 rings (SSSR count). The van der Waals surface area contributed by atoms with Crippen molar-refractivity contribution >= 4 is 16.9 Å². The summed E-state index contributed by atoms with van der Waals surface area (Å²) in [6, 6.07) is 8.15. The first-order chi connectivity index (χ1) is 15.1. The lowest BCUT2D eigenvalue weighted by atomic mass is 10.1. The molecule has 1 amide bonds. The van der Waals surface area contributed by atoms with Crippen molar-refractivity contribution in [3.05, 3.63) is 64.9 Å². The maximum atomic E-state index is 13.9. The molecule has 2 aromatic carbocycles. The average molecular weight is 454 g/mol. The summed E-state index contributed by atoms with van der Waals surface area (Å²) in [7, 11) is 0. The zero-order valence-electron chi connectivity index (χ0n) is 16.9. The second kappa shape index (κ2) is 8.09.